The lowest BCUT2D eigenvalue weighted by molar-refractivity contribution is 0.808. The second-order valence-corrected chi connectivity index (χ2v) is 4.47. The summed E-state index contributed by atoms with van der Waals surface area (Å²) < 4.78 is 0. The summed E-state index contributed by atoms with van der Waals surface area (Å²) in [5, 5.41) is 0.710. The maximum absolute atomic E-state index is 6.19. The molecule has 4 heteroatoms. The molecule has 82 valence electrons. The van der Waals surface area contributed by atoms with E-state index in [0.717, 1.165) is 17.9 Å². The monoisotopic (exact) mass is 244 g/mol. The van der Waals surface area contributed by atoms with Crippen molar-refractivity contribution in [1.29, 1.82) is 0 Å². The third-order valence-electron chi connectivity index (χ3n) is 2.63. The molecule has 0 atom stereocenters. The molecular weight excluding hydrogens is 231 g/mol. The zero-order valence-corrected chi connectivity index (χ0v) is 10.2. The lowest BCUT2D eigenvalue weighted by atomic mass is 10.3. The van der Waals surface area contributed by atoms with Crippen LogP contribution in [0.3, 0.4) is 0 Å². The fraction of sp³-hybridized carbons (Fsp3) is 0.545. The Hall–Kier alpha value is -0.470. The quantitative estimate of drug-likeness (QED) is 0.755. The van der Waals surface area contributed by atoms with Crippen LogP contribution in [0.25, 0.3) is 0 Å². The molecule has 1 aliphatic carbocycles. The number of aromatic nitrogens is 1. The Kier molecular flexibility index (Phi) is 3.37. The molecule has 0 radical (unpaired) electrons. The SMILES string of the molecule is CCN(c1ncc(CCl)cc1Cl)C1CC1. The molecule has 0 unspecified atom stereocenters. The van der Waals surface area contributed by atoms with E-state index in [4.69, 9.17) is 23.2 Å². The van der Waals surface area contributed by atoms with Gasteiger partial charge in [-0.05, 0) is 31.4 Å². The highest BCUT2D eigenvalue weighted by atomic mass is 35.5. The van der Waals surface area contributed by atoms with Gasteiger partial charge in [0.25, 0.3) is 0 Å². The number of pyridine rings is 1. The van der Waals surface area contributed by atoms with Gasteiger partial charge in [-0.15, -0.1) is 11.6 Å². The minimum absolute atomic E-state index is 0.461. The van der Waals surface area contributed by atoms with Crippen molar-refractivity contribution in [3.05, 3.63) is 22.8 Å². The van der Waals surface area contributed by atoms with E-state index in [1.165, 1.54) is 12.8 Å². The molecule has 0 N–H and O–H groups in total. The molecule has 0 saturated heterocycles. The van der Waals surface area contributed by atoms with Crippen molar-refractivity contribution in [2.24, 2.45) is 0 Å². The van der Waals surface area contributed by atoms with E-state index in [-0.39, 0.29) is 0 Å². The van der Waals surface area contributed by atoms with Crippen molar-refractivity contribution < 1.29 is 0 Å². The molecule has 1 aromatic rings. The highest BCUT2D eigenvalue weighted by Crippen LogP contribution is 2.34. The van der Waals surface area contributed by atoms with E-state index in [2.05, 4.69) is 16.8 Å². The summed E-state index contributed by atoms with van der Waals surface area (Å²) in [7, 11) is 0. The van der Waals surface area contributed by atoms with Crippen LogP contribution in [-0.4, -0.2) is 17.6 Å². The van der Waals surface area contributed by atoms with Gasteiger partial charge in [0.1, 0.15) is 5.82 Å². The van der Waals surface area contributed by atoms with Crippen molar-refractivity contribution in [3.63, 3.8) is 0 Å². The Balaban J connectivity index is 2.26. The Labute approximate surface area is 100 Å². The van der Waals surface area contributed by atoms with Crippen LogP contribution >= 0.6 is 23.2 Å². The number of anilines is 1. The van der Waals surface area contributed by atoms with Gasteiger partial charge in [0, 0.05) is 24.7 Å². The van der Waals surface area contributed by atoms with E-state index < -0.39 is 0 Å². The first-order chi connectivity index (χ1) is 7.26. The number of halogens is 2. The Morgan fingerprint density at radius 1 is 1.53 bits per heavy atom. The minimum atomic E-state index is 0.461. The van der Waals surface area contributed by atoms with Crippen molar-refractivity contribution >= 4 is 29.0 Å². The lowest BCUT2D eigenvalue weighted by Crippen LogP contribution is -2.26. The summed E-state index contributed by atoms with van der Waals surface area (Å²) in [5.74, 6) is 1.36. The van der Waals surface area contributed by atoms with Gasteiger partial charge in [0.2, 0.25) is 0 Å². The van der Waals surface area contributed by atoms with Crippen LogP contribution in [-0.2, 0) is 5.88 Å². The van der Waals surface area contributed by atoms with Gasteiger partial charge < -0.3 is 4.90 Å². The molecular formula is C11H14Cl2N2. The molecule has 1 fully saturated rings. The molecule has 2 rings (SSSR count). The van der Waals surface area contributed by atoms with E-state index >= 15 is 0 Å². The van der Waals surface area contributed by atoms with Gasteiger partial charge in [0.15, 0.2) is 0 Å². The molecule has 1 heterocycles. The summed E-state index contributed by atoms with van der Waals surface area (Å²) in [5.41, 5.74) is 0.970. The molecule has 1 saturated carbocycles. The maximum atomic E-state index is 6.19. The summed E-state index contributed by atoms with van der Waals surface area (Å²) in [6.45, 7) is 3.09. The van der Waals surface area contributed by atoms with Gasteiger partial charge >= 0.3 is 0 Å². The fourth-order valence-electron chi connectivity index (χ4n) is 1.72. The molecule has 2 nitrogen and oxygen atoms in total. The molecule has 0 bridgehead atoms. The van der Waals surface area contributed by atoms with E-state index in [1.807, 2.05) is 6.07 Å². The van der Waals surface area contributed by atoms with Gasteiger partial charge in [-0.2, -0.15) is 0 Å². The second-order valence-electron chi connectivity index (χ2n) is 3.80. The van der Waals surface area contributed by atoms with E-state index in [9.17, 15) is 0 Å². The molecule has 1 aromatic heterocycles. The van der Waals surface area contributed by atoms with Crippen molar-refractivity contribution in [2.75, 3.05) is 11.4 Å². The summed E-state index contributed by atoms with van der Waals surface area (Å²) in [6.07, 6.45) is 4.31. The van der Waals surface area contributed by atoms with Crippen LogP contribution in [0, 0.1) is 0 Å². The van der Waals surface area contributed by atoms with Crippen LogP contribution in [0.4, 0.5) is 5.82 Å². The smallest absolute Gasteiger partial charge is 0.147 e. The van der Waals surface area contributed by atoms with Crippen LogP contribution in [0.5, 0.6) is 0 Å². The average molecular weight is 245 g/mol. The van der Waals surface area contributed by atoms with Gasteiger partial charge in [-0.25, -0.2) is 4.98 Å². The Morgan fingerprint density at radius 3 is 2.73 bits per heavy atom. The Morgan fingerprint density at radius 2 is 2.27 bits per heavy atom. The molecule has 0 amide bonds. The largest absolute Gasteiger partial charge is 0.353 e. The van der Waals surface area contributed by atoms with Crippen LogP contribution in [0.15, 0.2) is 12.3 Å². The molecule has 0 aliphatic heterocycles. The van der Waals surface area contributed by atoms with Crippen LogP contribution < -0.4 is 4.90 Å². The van der Waals surface area contributed by atoms with E-state index in [1.54, 1.807) is 6.20 Å². The van der Waals surface area contributed by atoms with Gasteiger partial charge in [0.05, 0.1) is 5.02 Å². The standard InChI is InChI=1S/C11H14Cl2N2/c1-2-15(9-3-4-9)11-10(13)5-8(6-12)7-14-11/h5,7,9H,2-4,6H2,1H3. The average Bonchev–Trinajstić information content (AvgIpc) is 3.05. The summed E-state index contributed by atoms with van der Waals surface area (Å²) in [6, 6.07) is 2.55. The third-order valence-corrected chi connectivity index (χ3v) is 3.22. The normalized spacial score (nSPS) is 15.4. The zero-order chi connectivity index (χ0) is 10.8. The Bertz CT molecular complexity index is 350. The second kappa shape index (κ2) is 4.58. The number of nitrogens with zero attached hydrogens (tertiary/aromatic N) is 2. The van der Waals surface area contributed by atoms with Crippen molar-refractivity contribution in [1.82, 2.24) is 4.98 Å². The highest BCUT2D eigenvalue weighted by Gasteiger charge is 2.29. The fourth-order valence-corrected chi connectivity index (χ4v) is 2.17. The first kappa shape index (κ1) is 11.0. The third kappa shape index (κ3) is 2.37. The first-order valence-electron chi connectivity index (χ1n) is 5.23. The van der Waals surface area contributed by atoms with E-state index in [0.29, 0.717) is 16.9 Å². The number of alkyl halides is 1. The minimum Gasteiger partial charge on any atom is -0.353 e. The summed E-state index contributed by atoms with van der Waals surface area (Å²) in [4.78, 5) is 6.66. The van der Waals surface area contributed by atoms with Crippen molar-refractivity contribution in [2.45, 2.75) is 31.7 Å². The van der Waals surface area contributed by atoms with Crippen molar-refractivity contribution in [3.8, 4) is 0 Å². The molecule has 0 aromatic carbocycles. The number of hydrogen-bond donors (Lipinski definition) is 0. The molecule has 0 spiro atoms. The first-order valence-corrected chi connectivity index (χ1v) is 6.14. The predicted molar refractivity (Wildman–Crippen MR) is 64.8 cm³/mol. The highest BCUT2D eigenvalue weighted by molar-refractivity contribution is 6.33. The number of rotatable bonds is 4. The maximum Gasteiger partial charge on any atom is 0.147 e. The van der Waals surface area contributed by atoms with Gasteiger partial charge in [-0.1, -0.05) is 11.6 Å². The zero-order valence-electron chi connectivity index (χ0n) is 8.71. The molecule has 15 heavy (non-hydrogen) atoms. The topological polar surface area (TPSA) is 16.1 Å². The van der Waals surface area contributed by atoms with Crippen LogP contribution in [0.1, 0.15) is 25.3 Å². The predicted octanol–water partition coefficient (Wildman–Crippen LogP) is 3.46. The van der Waals surface area contributed by atoms with Gasteiger partial charge in [-0.3, -0.25) is 0 Å². The number of hydrogen-bond acceptors (Lipinski definition) is 2. The lowest BCUT2D eigenvalue weighted by Gasteiger charge is -2.22. The molecule has 1 aliphatic rings. The summed E-state index contributed by atoms with van der Waals surface area (Å²) >= 11 is 11.9. The van der Waals surface area contributed by atoms with Crippen LogP contribution in [0.2, 0.25) is 5.02 Å².